The summed E-state index contributed by atoms with van der Waals surface area (Å²) in [6.45, 7) is 5.36. The number of carbonyl (C=O) groups is 1. The summed E-state index contributed by atoms with van der Waals surface area (Å²) in [5, 5.41) is -1.73. The molecule has 2 rings (SSSR count). The molecule has 1 saturated heterocycles. The minimum Gasteiger partial charge on any atom is -0.339 e. The van der Waals surface area contributed by atoms with Gasteiger partial charge < -0.3 is 4.90 Å². The van der Waals surface area contributed by atoms with Gasteiger partial charge in [0.2, 0.25) is 5.91 Å². The van der Waals surface area contributed by atoms with Crippen molar-refractivity contribution in [3.8, 4) is 0 Å². The number of sulfone groups is 1. The Hall–Kier alpha value is -0.710. The molecular weight excluding hydrogens is 390 g/mol. The molecule has 10 heteroatoms. The molecule has 0 N–H and O–H groups in total. The first kappa shape index (κ1) is 22.6. The summed E-state index contributed by atoms with van der Waals surface area (Å²) < 4.78 is 53.2. The summed E-state index contributed by atoms with van der Waals surface area (Å²) in [5.41, 5.74) is 0. The summed E-state index contributed by atoms with van der Waals surface area (Å²) in [6, 6.07) is 0.0413. The second-order valence-corrected chi connectivity index (χ2v) is 12.6. The Morgan fingerprint density at radius 3 is 1.93 bits per heavy atom. The molecule has 0 spiro atoms. The lowest BCUT2D eigenvalue weighted by Crippen LogP contribution is -2.57. The molecule has 2 aliphatic rings. The first-order valence-electron chi connectivity index (χ1n) is 9.74. The van der Waals surface area contributed by atoms with Gasteiger partial charge in [0.1, 0.15) is 5.25 Å². The largest absolute Gasteiger partial charge is 0.339 e. The van der Waals surface area contributed by atoms with Crippen LogP contribution in [0.15, 0.2) is 0 Å². The summed E-state index contributed by atoms with van der Waals surface area (Å²) in [7, 11) is -5.45. The third-order valence-corrected chi connectivity index (χ3v) is 10.4. The van der Waals surface area contributed by atoms with Crippen LogP contribution in [0.1, 0.15) is 52.9 Å². The lowest BCUT2D eigenvalue weighted by molar-refractivity contribution is -0.131. The minimum atomic E-state index is -3.56. The fraction of sp³-hybridized carbons (Fsp3) is 0.941. The average Bonchev–Trinajstić information content (AvgIpc) is 2.66. The smallest absolute Gasteiger partial charge is 0.282 e. The van der Waals surface area contributed by atoms with Crippen molar-refractivity contribution in [2.24, 2.45) is 0 Å². The van der Waals surface area contributed by atoms with Crippen molar-refractivity contribution in [2.45, 2.75) is 69.4 Å². The van der Waals surface area contributed by atoms with E-state index in [1.807, 2.05) is 0 Å². The van der Waals surface area contributed by atoms with Crippen molar-refractivity contribution in [2.75, 3.05) is 33.2 Å². The second-order valence-electron chi connectivity index (χ2n) is 7.82. The predicted octanol–water partition coefficient (Wildman–Crippen LogP) is 0.852. The number of hydrogen-bond acceptors (Lipinski definition) is 5. The molecule has 0 radical (unpaired) electrons. The third kappa shape index (κ3) is 4.83. The Kier molecular flexibility index (Phi) is 7.32. The highest BCUT2D eigenvalue weighted by molar-refractivity contribution is 7.93. The van der Waals surface area contributed by atoms with E-state index < -0.39 is 36.5 Å². The topological polar surface area (TPSA) is 95.1 Å². The number of amides is 1. The molecule has 1 aliphatic heterocycles. The van der Waals surface area contributed by atoms with E-state index in [1.165, 1.54) is 20.4 Å². The fourth-order valence-corrected chi connectivity index (χ4v) is 6.58. The standard InChI is InChI=1S/C17H33N3O5S2/c1-14(2)26(22,23)15(3)17(21)19-10-12-20(13-11-19)27(24,25)18(4)16-8-6-5-7-9-16/h14-16H,5-13H2,1-4H3. The Bertz CT molecular complexity index is 722. The highest BCUT2D eigenvalue weighted by Gasteiger charge is 2.38. The monoisotopic (exact) mass is 423 g/mol. The van der Waals surface area contributed by atoms with Crippen LogP contribution >= 0.6 is 0 Å². The van der Waals surface area contributed by atoms with Gasteiger partial charge in [-0.15, -0.1) is 0 Å². The van der Waals surface area contributed by atoms with Crippen LogP contribution in [0.5, 0.6) is 0 Å². The van der Waals surface area contributed by atoms with Gasteiger partial charge in [0, 0.05) is 39.3 Å². The van der Waals surface area contributed by atoms with Crippen molar-refractivity contribution in [3.63, 3.8) is 0 Å². The molecule has 0 bridgehead atoms. The molecule has 0 aromatic carbocycles. The second kappa shape index (κ2) is 8.75. The van der Waals surface area contributed by atoms with Crippen molar-refractivity contribution >= 4 is 26.0 Å². The van der Waals surface area contributed by atoms with Crippen LogP contribution in [0.25, 0.3) is 0 Å². The lowest BCUT2D eigenvalue weighted by Gasteiger charge is -2.39. The van der Waals surface area contributed by atoms with Crippen LogP contribution in [0.3, 0.4) is 0 Å². The van der Waals surface area contributed by atoms with E-state index in [4.69, 9.17) is 0 Å². The summed E-state index contributed by atoms with van der Waals surface area (Å²) in [5.74, 6) is -0.443. The average molecular weight is 424 g/mol. The molecule has 0 aromatic rings. The molecule has 0 aromatic heterocycles. The van der Waals surface area contributed by atoms with Crippen LogP contribution in [0, 0.1) is 0 Å². The highest BCUT2D eigenvalue weighted by Crippen LogP contribution is 2.25. The van der Waals surface area contributed by atoms with Gasteiger partial charge >= 0.3 is 0 Å². The van der Waals surface area contributed by atoms with Crippen molar-refractivity contribution in [1.29, 1.82) is 0 Å². The summed E-state index contributed by atoms with van der Waals surface area (Å²) in [6.07, 6.45) is 5.03. The predicted molar refractivity (Wildman–Crippen MR) is 105 cm³/mol. The van der Waals surface area contributed by atoms with Crippen LogP contribution in [-0.2, 0) is 24.8 Å². The van der Waals surface area contributed by atoms with E-state index in [9.17, 15) is 21.6 Å². The third-order valence-electron chi connectivity index (χ3n) is 5.83. The van der Waals surface area contributed by atoms with Gasteiger partial charge in [-0.25, -0.2) is 8.42 Å². The van der Waals surface area contributed by atoms with Crippen LogP contribution in [-0.4, -0.2) is 86.0 Å². The zero-order valence-electron chi connectivity index (χ0n) is 16.8. The lowest BCUT2D eigenvalue weighted by atomic mass is 9.96. The van der Waals surface area contributed by atoms with E-state index >= 15 is 0 Å². The molecule has 27 heavy (non-hydrogen) atoms. The number of hydrogen-bond donors (Lipinski definition) is 0. The number of nitrogens with zero attached hydrogens (tertiary/aromatic N) is 3. The fourth-order valence-electron chi connectivity index (χ4n) is 3.76. The molecule has 1 atom stereocenters. The molecule has 1 heterocycles. The maximum absolute atomic E-state index is 12.9. The number of piperazine rings is 1. The van der Waals surface area contributed by atoms with Gasteiger partial charge in [0.05, 0.1) is 5.25 Å². The normalized spacial score (nSPS) is 22.4. The molecule has 1 saturated carbocycles. The van der Waals surface area contributed by atoms with E-state index in [2.05, 4.69) is 0 Å². The summed E-state index contributed by atoms with van der Waals surface area (Å²) >= 11 is 0. The van der Waals surface area contributed by atoms with Gasteiger partial charge in [-0.05, 0) is 33.6 Å². The molecule has 1 unspecified atom stereocenters. The van der Waals surface area contributed by atoms with Crippen molar-refractivity contribution in [3.05, 3.63) is 0 Å². The number of carbonyl (C=O) groups excluding carboxylic acids is 1. The van der Waals surface area contributed by atoms with E-state index in [0.29, 0.717) is 0 Å². The molecular formula is C17H33N3O5S2. The first-order chi connectivity index (χ1) is 12.5. The Morgan fingerprint density at radius 2 is 1.44 bits per heavy atom. The van der Waals surface area contributed by atoms with E-state index in [1.54, 1.807) is 20.9 Å². The van der Waals surface area contributed by atoms with E-state index in [0.717, 1.165) is 32.1 Å². The zero-order valence-corrected chi connectivity index (χ0v) is 18.4. The summed E-state index contributed by atoms with van der Waals surface area (Å²) in [4.78, 5) is 14.0. The maximum atomic E-state index is 12.9. The van der Waals surface area contributed by atoms with Gasteiger partial charge in [-0.2, -0.15) is 17.0 Å². The van der Waals surface area contributed by atoms with Crippen molar-refractivity contribution < 1.29 is 21.6 Å². The highest BCUT2D eigenvalue weighted by atomic mass is 32.2. The molecule has 8 nitrogen and oxygen atoms in total. The SMILES string of the molecule is CC(C)S(=O)(=O)C(C)C(=O)N1CCN(S(=O)(=O)N(C)C2CCCCC2)CC1. The van der Waals surface area contributed by atoms with Crippen molar-refractivity contribution in [1.82, 2.24) is 13.5 Å². The van der Waals surface area contributed by atoms with Crippen LogP contribution < -0.4 is 0 Å². The Morgan fingerprint density at radius 1 is 0.926 bits per heavy atom. The molecule has 158 valence electrons. The van der Waals surface area contributed by atoms with Gasteiger partial charge in [0.15, 0.2) is 9.84 Å². The first-order valence-corrected chi connectivity index (χ1v) is 12.7. The molecule has 1 amide bonds. The Balaban J connectivity index is 1.98. The van der Waals surface area contributed by atoms with Gasteiger partial charge in [0.25, 0.3) is 10.2 Å². The Labute approximate surface area is 164 Å². The van der Waals surface area contributed by atoms with Crippen LogP contribution in [0.2, 0.25) is 0 Å². The zero-order chi connectivity index (χ0) is 20.4. The quantitative estimate of drug-likeness (QED) is 0.631. The van der Waals surface area contributed by atoms with E-state index in [-0.39, 0.29) is 32.2 Å². The van der Waals surface area contributed by atoms with Gasteiger partial charge in [-0.3, -0.25) is 4.79 Å². The number of rotatable bonds is 6. The maximum Gasteiger partial charge on any atom is 0.282 e. The minimum absolute atomic E-state index is 0.0413. The van der Waals surface area contributed by atoms with Crippen LogP contribution in [0.4, 0.5) is 0 Å². The van der Waals surface area contributed by atoms with Gasteiger partial charge in [-0.1, -0.05) is 19.3 Å². The molecule has 2 fully saturated rings. The molecule has 1 aliphatic carbocycles.